The van der Waals surface area contributed by atoms with Crippen LogP contribution in [-0.4, -0.2) is 20.1 Å². The molecule has 3 rings (SSSR count). The molecule has 98 valence electrons. The molecule has 0 saturated carbocycles. The average Bonchev–Trinajstić information content (AvgIpc) is 2.56. The first-order valence-corrected chi connectivity index (χ1v) is 6.33. The second-order valence-electron chi connectivity index (χ2n) is 4.29. The number of hydrogen-bond donors (Lipinski definition) is 1. The molecule has 0 fully saturated rings. The van der Waals surface area contributed by atoms with E-state index in [4.69, 9.17) is 0 Å². The van der Waals surface area contributed by atoms with Crippen LogP contribution in [-0.2, 0) is 6.61 Å². The fourth-order valence-electron chi connectivity index (χ4n) is 1.92. The lowest BCUT2D eigenvalue weighted by Gasteiger charge is -2.06. The van der Waals surface area contributed by atoms with Crippen molar-refractivity contribution in [2.75, 3.05) is 0 Å². The van der Waals surface area contributed by atoms with Crippen LogP contribution >= 0.6 is 0 Å². The molecule has 4 heteroatoms. The monoisotopic (exact) mass is 263 g/mol. The summed E-state index contributed by atoms with van der Waals surface area (Å²) in [6.45, 7) is -0.206. The lowest BCUT2D eigenvalue weighted by molar-refractivity contribution is 0.271. The number of aliphatic hydroxyl groups is 1. The number of aliphatic hydroxyl groups excluding tert-OH is 1. The molecule has 3 aromatic rings. The van der Waals surface area contributed by atoms with E-state index >= 15 is 0 Å². The summed E-state index contributed by atoms with van der Waals surface area (Å²) in [7, 11) is 0. The van der Waals surface area contributed by atoms with Crippen LogP contribution in [0.5, 0.6) is 0 Å². The van der Waals surface area contributed by atoms with Gasteiger partial charge in [-0.05, 0) is 0 Å². The van der Waals surface area contributed by atoms with E-state index in [1.54, 1.807) is 0 Å². The van der Waals surface area contributed by atoms with Crippen LogP contribution in [0.4, 0.5) is 0 Å². The minimum absolute atomic E-state index is 0.206. The number of rotatable bonds is 3. The SMILES string of the molecule is OCc1nc(-c2ccccc2)nc(-c2ccccc2)n1. The number of nitrogens with zero attached hydrogens (tertiary/aromatic N) is 3. The summed E-state index contributed by atoms with van der Waals surface area (Å²) < 4.78 is 0. The normalized spacial score (nSPS) is 10.4. The van der Waals surface area contributed by atoms with Crippen LogP contribution < -0.4 is 0 Å². The highest BCUT2D eigenvalue weighted by Gasteiger charge is 2.09. The maximum atomic E-state index is 9.33. The third-order valence-corrected chi connectivity index (χ3v) is 2.89. The van der Waals surface area contributed by atoms with Crippen LogP contribution in [0.25, 0.3) is 22.8 Å². The molecule has 0 aliphatic rings. The van der Waals surface area contributed by atoms with Gasteiger partial charge in [0.05, 0.1) is 0 Å². The Balaban J connectivity index is 2.13. The molecule has 20 heavy (non-hydrogen) atoms. The molecule has 0 aliphatic heterocycles. The van der Waals surface area contributed by atoms with Crippen molar-refractivity contribution in [3.05, 3.63) is 66.5 Å². The zero-order valence-electron chi connectivity index (χ0n) is 10.8. The van der Waals surface area contributed by atoms with Crippen molar-refractivity contribution in [2.45, 2.75) is 6.61 Å². The summed E-state index contributed by atoms with van der Waals surface area (Å²) in [6, 6.07) is 19.3. The second kappa shape index (κ2) is 5.59. The quantitative estimate of drug-likeness (QED) is 0.789. The summed E-state index contributed by atoms with van der Waals surface area (Å²) in [5, 5.41) is 9.33. The average molecular weight is 263 g/mol. The first kappa shape index (κ1) is 12.4. The van der Waals surface area contributed by atoms with Gasteiger partial charge in [-0.15, -0.1) is 0 Å². The zero-order chi connectivity index (χ0) is 13.8. The summed E-state index contributed by atoms with van der Waals surface area (Å²) in [5.41, 5.74) is 1.81. The maximum Gasteiger partial charge on any atom is 0.163 e. The standard InChI is InChI=1S/C16H13N3O/c20-11-14-17-15(12-7-3-1-4-8-12)19-16(18-14)13-9-5-2-6-10-13/h1-10,20H,11H2. The van der Waals surface area contributed by atoms with E-state index in [9.17, 15) is 5.11 Å². The Kier molecular flexibility index (Phi) is 3.48. The first-order valence-electron chi connectivity index (χ1n) is 6.33. The Morgan fingerprint density at radius 3 is 1.50 bits per heavy atom. The molecule has 0 spiro atoms. The van der Waals surface area contributed by atoms with E-state index in [-0.39, 0.29) is 6.61 Å². The smallest absolute Gasteiger partial charge is 0.163 e. The Bertz CT molecular complexity index is 642. The van der Waals surface area contributed by atoms with Gasteiger partial charge in [0.25, 0.3) is 0 Å². The van der Waals surface area contributed by atoms with E-state index in [0.29, 0.717) is 17.5 Å². The molecule has 0 aliphatic carbocycles. The lowest BCUT2D eigenvalue weighted by atomic mass is 10.2. The van der Waals surface area contributed by atoms with E-state index in [1.807, 2.05) is 60.7 Å². The van der Waals surface area contributed by atoms with Gasteiger partial charge >= 0.3 is 0 Å². The Morgan fingerprint density at radius 1 is 0.650 bits per heavy atom. The molecule has 0 bridgehead atoms. The third-order valence-electron chi connectivity index (χ3n) is 2.89. The predicted octanol–water partition coefficient (Wildman–Crippen LogP) is 2.70. The fourth-order valence-corrected chi connectivity index (χ4v) is 1.92. The van der Waals surface area contributed by atoms with E-state index in [2.05, 4.69) is 15.0 Å². The number of benzene rings is 2. The summed E-state index contributed by atoms with van der Waals surface area (Å²) in [6.07, 6.45) is 0. The molecule has 0 saturated heterocycles. The predicted molar refractivity (Wildman–Crippen MR) is 76.6 cm³/mol. The Hall–Kier alpha value is -2.59. The molecule has 0 unspecified atom stereocenters. The highest BCUT2D eigenvalue weighted by molar-refractivity contribution is 5.60. The van der Waals surface area contributed by atoms with Crippen LogP contribution in [0.2, 0.25) is 0 Å². The van der Waals surface area contributed by atoms with Crippen molar-refractivity contribution < 1.29 is 5.11 Å². The van der Waals surface area contributed by atoms with Gasteiger partial charge in [-0.25, -0.2) is 15.0 Å². The van der Waals surface area contributed by atoms with Crippen molar-refractivity contribution >= 4 is 0 Å². The van der Waals surface area contributed by atoms with Crippen molar-refractivity contribution in [1.82, 2.24) is 15.0 Å². The minimum atomic E-state index is -0.206. The van der Waals surface area contributed by atoms with Gasteiger partial charge in [0, 0.05) is 11.1 Å². The molecule has 4 nitrogen and oxygen atoms in total. The highest BCUT2D eigenvalue weighted by atomic mass is 16.3. The third kappa shape index (κ3) is 2.55. The largest absolute Gasteiger partial charge is 0.388 e. The lowest BCUT2D eigenvalue weighted by Crippen LogP contribution is -2.02. The van der Waals surface area contributed by atoms with Crippen molar-refractivity contribution in [1.29, 1.82) is 0 Å². The molecule has 1 aromatic heterocycles. The van der Waals surface area contributed by atoms with Gasteiger partial charge in [-0.1, -0.05) is 60.7 Å². The second-order valence-corrected chi connectivity index (χ2v) is 4.29. The first-order chi connectivity index (χ1) is 9.86. The fraction of sp³-hybridized carbons (Fsp3) is 0.0625. The topological polar surface area (TPSA) is 58.9 Å². The maximum absolute atomic E-state index is 9.33. The summed E-state index contributed by atoms with van der Waals surface area (Å²) in [5.74, 6) is 1.52. The minimum Gasteiger partial charge on any atom is -0.388 e. The van der Waals surface area contributed by atoms with E-state index < -0.39 is 0 Å². The molecule has 0 radical (unpaired) electrons. The summed E-state index contributed by atoms with van der Waals surface area (Å²) >= 11 is 0. The van der Waals surface area contributed by atoms with Gasteiger partial charge in [-0.2, -0.15) is 0 Å². The zero-order valence-corrected chi connectivity index (χ0v) is 10.8. The van der Waals surface area contributed by atoms with Crippen molar-refractivity contribution in [3.8, 4) is 22.8 Å². The van der Waals surface area contributed by atoms with Gasteiger partial charge in [0.2, 0.25) is 0 Å². The van der Waals surface area contributed by atoms with Crippen LogP contribution in [0.1, 0.15) is 5.82 Å². The van der Waals surface area contributed by atoms with Crippen LogP contribution in [0.3, 0.4) is 0 Å². The van der Waals surface area contributed by atoms with Crippen molar-refractivity contribution in [2.24, 2.45) is 0 Å². The molecular weight excluding hydrogens is 250 g/mol. The molecule has 1 heterocycles. The summed E-state index contributed by atoms with van der Waals surface area (Å²) in [4.78, 5) is 13.0. The molecule has 2 aromatic carbocycles. The molecule has 0 amide bonds. The number of aromatic nitrogens is 3. The number of hydrogen-bond acceptors (Lipinski definition) is 4. The molecule has 1 N–H and O–H groups in total. The van der Waals surface area contributed by atoms with Gasteiger partial charge in [0.1, 0.15) is 6.61 Å². The van der Waals surface area contributed by atoms with Crippen molar-refractivity contribution in [3.63, 3.8) is 0 Å². The van der Waals surface area contributed by atoms with Crippen LogP contribution in [0, 0.1) is 0 Å². The van der Waals surface area contributed by atoms with Gasteiger partial charge < -0.3 is 5.11 Å². The van der Waals surface area contributed by atoms with E-state index in [1.165, 1.54) is 0 Å². The van der Waals surface area contributed by atoms with Gasteiger partial charge in [-0.3, -0.25) is 0 Å². The van der Waals surface area contributed by atoms with Crippen LogP contribution in [0.15, 0.2) is 60.7 Å². The Morgan fingerprint density at radius 2 is 1.10 bits per heavy atom. The Labute approximate surface area is 116 Å². The molecule has 0 atom stereocenters. The molecular formula is C16H13N3O. The van der Waals surface area contributed by atoms with Gasteiger partial charge in [0.15, 0.2) is 17.5 Å². The highest BCUT2D eigenvalue weighted by Crippen LogP contribution is 2.19. The van der Waals surface area contributed by atoms with E-state index in [0.717, 1.165) is 11.1 Å².